The van der Waals surface area contributed by atoms with Gasteiger partial charge >= 0.3 is 55.0 Å². The molecular formula is C42H27F18N3O6S3. The second-order valence-electron chi connectivity index (χ2n) is 13.5. The maximum absolute atomic E-state index is 13.0. The van der Waals surface area contributed by atoms with E-state index in [2.05, 4.69) is 29.2 Å². The Labute approximate surface area is 404 Å². The van der Waals surface area contributed by atoms with Crippen LogP contribution >= 0.6 is 34.0 Å². The van der Waals surface area contributed by atoms with E-state index in [9.17, 15) is 93.4 Å². The van der Waals surface area contributed by atoms with Gasteiger partial charge in [-0.3, -0.25) is 0 Å². The highest BCUT2D eigenvalue weighted by atomic mass is 32.1. The van der Waals surface area contributed by atoms with Crippen molar-refractivity contribution in [2.75, 3.05) is 19.8 Å². The highest BCUT2D eigenvalue weighted by Gasteiger charge is 2.43. The van der Waals surface area contributed by atoms with E-state index in [1.54, 1.807) is 0 Å². The van der Waals surface area contributed by atoms with Gasteiger partial charge in [0.05, 0.1) is 36.5 Å². The molecule has 0 N–H and O–H groups in total. The van der Waals surface area contributed by atoms with Gasteiger partial charge in [-0.2, -0.15) is 79.0 Å². The fraction of sp³-hybridized carbons (Fsp3) is 0.286. The molecule has 6 aromatic rings. The average molecular weight is 1110 g/mol. The summed E-state index contributed by atoms with van der Waals surface area (Å²) >= 11 is 1.24. The number of hydrogen-bond acceptors (Lipinski definition) is 12. The number of hydrogen-bond donors (Lipinski definition) is 0. The maximum Gasteiger partial charge on any atom is 0.435 e. The lowest BCUT2D eigenvalue weighted by Crippen LogP contribution is -2.13. The monoisotopic (exact) mass is 1110 g/mol. The summed E-state index contributed by atoms with van der Waals surface area (Å²) in [6.45, 7) is 3.94. The second kappa shape index (κ2) is 22.6. The molecule has 6 rings (SSSR count). The molecule has 0 radical (unpaired) electrons. The summed E-state index contributed by atoms with van der Waals surface area (Å²) in [6, 6.07) is 10.4. The van der Waals surface area contributed by atoms with Gasteiger partial charge in [-0.25, -0.2) is 29.3 Å². The van der Waals surface area contributed by atoms with Gasteiger partial charge < -0.3 is 14.2 Å². The van der Waals surface area contributed by atoms with Gasteiger partial charge in [-0.15, -0.1) is 34.0 Å². The van der Waals surface area contributed by atoms with E-state index in [1.165, 1.54) is 20.8 Å². The van der Waals surface area contributed by atoms with Crippen LogP contribution in [0.3, 0.4) is 0 Å². The molecule has 3 aromatic carbocycles. The first-order valence-electron chi connectivity index (χ1n) is 19.4. The Kier molecular flexibility index (Phi) is 18.3. The minimum absolute atomic E-state index is 0.0362. The van der Waals surface area contributed by atoms with Crippen LogP contribution in [0.5, 0.6) is 0 Å². The van der Waals surface area contributed by atoms with Crippen LogP contribution in [0.25, 0.3) is 31.7 Å². The third kappa shape index (κ3) is 15.1. The highest BCUT2D eigenvalue weighted by Crippen LogP contribution is 2.42. The number of benzene rings is 3. The number of alkyl halides is 18. The normalized spacial score (nSPS) is 12.3. The molecule has 0 bridgehead atoms. The van der Waals surface area contributed by atoms with Gasteiger partial charge in [-0.05, 0) is 57.2 Å². The zero-order valence-corrected chi connectivity index (χ0v) is 38.3. The summed E-state index contributed by atoms with van der Waals surface area (Å²) in [5, 5.41) is -0.669. The minimum Gasteiger partial charge on any atom is -0.462 e. The fourth-order valence-electron chi connectivity index (χ4n) is 5.32. The molecule has 0 aliphatic heterocycles. The molecule has 0 saturated carbocycles. The van der Waals surface area contributed by atoms with Gasteiger partial charge in [0.1, 0.15) is 29.7 Å². The first-order chi connectivity index (χ1) is 33.1. The standard InChI is InChI=1S/3C14H9F6NO2S/c3*1-2-23-12(22)9-10(14(18,19)20)21-11(24-9)7-3-5-8(6-4-7)13(15,16)17/h3*3-6H,2H2,1H3. The van der Waals surface area contributed by atoms with Crippen molar-refractivity contribution < 1.29 is 108 Å². The molecule has 0 aliphatic carbocycles. The number of esters is 3. The molecule has 0 saturated heterocycles. The number of aromatic nitrogens is 3. The summed E-state index contributed by atoms with van der Waals surface area (Å²) in [7, 11) is 0. The molecule has 3 aromatic heterocycles. The molecule has 0 spiro atoms. The zero-order valence-electron chi connectivity index (χ0n) is 35.9. The lowest BCUT2D eigenvalue weighted by atomic mass is 10.1. The number of carbonyl (C=O) groups excluding carboxylic acids is 3. The number of carbonyl (C=O) groups is 3. The van der Waals surface area contributed by atoms with E-state index in [0.717, 1.165) is 72.8 Å². The van der Waals surface area contributed by atoms with Gasteiger partial charge in [0.2, 0.25) is 0 Å². The van der Waals surface area contributed by atoms with E-state index >= 15 is 0 Å². The van der Waals surface area contributed by atoms with Crippen molar-refractivity contribution in [2.24, 2.45) is 0 Å². The van der Waals surface area contributed by atoms with Gasteiger partial charge in [0.25, 0.3) is 0 Å². The third-order valence-corrected chi connectivity index (χ3v) is 11.7. The smallest absolute Gasteiger partial charge is 0.435 e. The molecule has 0 aliphatic rings. The van der Waals surface area contributed by atoms with Crippen molar-refractivity contribution >= 4 is 51.9 Å². The summed E-state index contributed by atoms with van der Waals surface area (Å²) in [5.74, 6) is -3.54. The SMILES string of the molecule is CCOC(=O)c1sc(-c2ccc(C(F)(F)F)cc2)nc1C(F)(F)F.CCOC(=O)c1sc(-c2ccc(C(F)(F)F)cc2)nc1C(F)(F)F.CCOC(=O)c1sc(-c2ccc(C(F)(F)F)cc2)nc1C(F)(F)F. The lowest BCUT2D eigenvalue weighted by molar-refractivity contribution is -0.141. The van der Waals surface area contributed by atoms with Crippen LogP contribution in [0.2, 0.25) is 0 Å². The van der Waals surface area contributed by atoms with Gasteiger partial charge in [0, 0.05) is 16.7 Å². The van der Waals surface area contributed by atoms with Gasteiger partial charge in [0.15, 0.2) is 17.1 Å². The van der Waals surface area contributed by atoms with E-state index in [-0.39, 0.29) is 51.5 Å². The quantitative estimate of drug-likeness (QED) is 0.0792. The van der Waals surface area contributed by atoms with Crippen molar-refractivity contribution in [2.45, 2.75) is 57.8 Å². The summed E-state index contributed by atoms with van der Waals surface area (Å²) < 4.78 is 243. The van der Waals surface area contributed by atoms with E-state index in [0.29, 0.717) is 34.0 Å². The molecule has 0 atom stereocenters. The summed E-state index contributed by atoms with van der Waals surface area (Å²) in [5.41, 5.74) is -6.96. The first-order valence-corrected chi connectivity index (χ1v) is 21.8. The largest absolute Gasteiger partial charge is 0.462 e. The summed E-state index contributed by atoms with van der Waals surface area (Å²) in [6.07, 6.45) is -28.3. The van der Waals surface area contributed by atoms with Crippen LogP contribution in [-0.4, -0.2) is 52.7 Å². The van der Waals surface area contributed by atoms with E-state index in [4.69, 9.17) is 0 Å². The lowest BCUT2D eigenvalue weighted by Gasteiger charge is -2.06. The molecule has 390 valence electrons. The Morgan fingerprint density at radius 2 is 0.556 bits per heavy atom. The van der Waals surface area contributed by atoms with Crippen molar-refractivity contribution in [3.8, 4) is 31.7 Å². The van der Waals surface area contributed by atoms with Crippen LogP contribution in [0.15, 0.2) is 72.8 Å². The number of halogens is 18. The molecule has 9 nitrogen and oxygen atoms in total. The first kappa shape index (κ1) is 58.3. The topological polar surface area (TPSA) is 118 Å². The number of thiazole rings is 3. The Morgan fingerprint density at radius 3 is 0.708 bits per heavy atom. The van der Waals surface area contributed by atoms with E-state index in [1.807, 2.05) is 0 Å². The second-order valence-corrected chi connectivity index (χ2v) is 16.5. The molecule has 0 amide bonds. The number of ether oxygens (including phenoxy) is 3. The highest BCUT2D eigenvalue weighted by molar-refractivity contribution is 7.17. The average Bonchev–Trinajstić information content (AvgIpc) is 4.05. The van der Waals surface area contributed by atoms with Gasteiger partial charge in [-0.1, -0.05) is 36.4 Å². The van der Waals surface area contributed by atoms with Crippen molar-refractivity contribution in [1.29, 1.82) is 0 Å². The van der Waals surface area contributed by atoms with Crippen LogP contribution in [0.4, 0.5) is 79.0 Å². The predicted molar refractivity (Wildman–Crippen MR) is 221 cm³/mol. The van der Waals surface area contributed by atoms with Crippen molar-refractivity contribution in [3.63, 3.8) is 0 Å². The Balaban J connectivity index is 0.000000234. The Hall–Kier alpha value is -6.30. The fourth-order valence-corrected chi connectivity index (χ4v) is 8.27. The molecule has 30 heteroatoms. The molecule has 0 unspecified atom stereocenters. The van der Waals surface area contributed by atoms with Crippen LogP contribution < -0.4 is 0 Å². The molecule has 72 heavy (non-hydrogen) atoms. The summed E-state index contributed by atoms with van der Waals surface area (Å²) in [4.78, 5) is 42.8. The molecular weight excluding hydrogens is 1080 g/mol. The minimum atomic E-state index is -4.89. The zero-order chi connectivity index (χ0) is 54.4. The van der Waals surface area contributed by atoms with Crippen molar-refractivity contribution in [3.05, 3.63) is 121 Å². The Bertz CT molecular complexity index is 2500. The Morgan fingerprint density at radius 1 is 0.361 bits per heavy atom. The van der Waals surface area contributed by atoms with Crippen LogP contribution in [-0.2, 0) is 51.3 Å². The molecule has 0 fully saturated rings. The third-order valence-electron chi connectivity index (χ3n) is 8.45. The van der Waals surface area contributed by atoms with Crippen LogP contribution in [0.1, 0.15) is 83.6 Å². The number of rotatable bonds is 9. The predicted octanol–water partition coefficient (Wildman–Crippen LogP) is 15.1. The van der Waals surface area contributed by atoms with Crippen molar-refractivity contribution in [1.82, 2.24) is 15.0 Å². The van der Waals surface area contributed by atoms with Crippen LogP contribution in [0, 0.1) is 0 Å². The maximum atomic E-state index is 13.0. The van der Waals surface area contributed by atoms with E-state index < -0.39 is 103 Å². The number of nitrogens with zero attached hydrogens (tertiary/aromatic N) is 3. The molecule has 3 heterocycles.